The van der Waals surface area contributed by atoms with E-state index in [0.29, 0.717) is 6.04 Å². The fourth-order valence-electron chi connectivity index (χ4n) is 2.58. The SMILES string of the molecule is CCOCCN(CC)CC1CCCC(N)C1. The van der Waals surface area contributed by atoms with Gasteiger partial charge >= 0.3 is 0 Å². The molecule has 1 aliphatic carbocycles. The molecular weight excluding hydrogens is 200 g/mol. The van der Waals surface area contributed by atoms with Crippen LogP contribution in [0, 0.1) is 5.92 Å². The Balaban J connectivity index is 2.20. The molecule has 0 aliphatic heterocycles. The maximum atomic E-state index is 6.02. The third kappa shape index (κ3) is 5.28. The Kier molecular flexibility index (Phi) is 7.01. The van der Waals surface area contributed by atoms with Gasteiger partial charge in [-0.05, 0) is 38.6 Å². The van der Waals surface area contributed by atoms with E-state index in [9.17, 15) is 0 Å². The quantitative estimate of drug-likeness (QED) is 0.676. The molecule has 0 aromatic rings. The normalized spacial score (nSPS) is 26.2. The summed E-state index contributed by atoms with van der Waals surface area (Å²) in [5.41, 5.74) is 6.02. The van der Waals surface area contributed by atoms with Crippen LogP contribution in [-0.4, -0.2) is 43.8 Å². The predicted molar refractivity (Wildman–Crippen MR) is 68.5 cm³/mol. The minimum atomic E-state index is 0.448. The highest BCUT2D eigenvalue weighted by Gasteiger charge is 2.20. The van der Waals surface area contributed by atoms with Gasteiger partial charge < -0.3 is 15.4 Å². The second-order valence-electron chi connectivity index (χ2n) is 4.88. The highest BCUT2D eigenvalue weighted by molar-refractivity contribution is 4.77. The van der Waals surface area contributed by atoms with Crippen LogP contribution in [0.5, 0.6) is 0 Å². The Morgan fingerprint density at radius 2 is 2.12 bits per heavy atom. The smallest absolute Gasteiger partial charge is 0.0593 e. The molecule has 0 heterocycles. The lowest BCUT2D eigenvalue weighted by molar-refractivity contribution is 0.103. The van der Waals surface area contributed by atoms with E-state index in [4.69, 9.17) is 10.5 Å². The molecule has 1 aliphatic rings. The third-order valence-electron chi connectivity index (χ3n) is 3.54. The Hall–Kier alpha value is -0.120. The van der Waals surface area contributed by atoms with Crippen molar-refractivity contribution in [1.82, 2.24) is 4.90 Å². The second-order valence-corrected chi connectivity index (χ2v) is 4.88. The Bertz CT molecular complexity index is 175. The standard InChI is InChI=1S/C13H28N2O/c1-3-15(8-9-16-4-2)11-12-6-5-7-13(14)10-12/h12-13H,3-11,14H2,1-2H3. The average molecular weight is 228 g/mol. The Labute approximate surface area is 100 Å². The number of ether oxygens (including phenoxy) is 1. The molecule has 2 atom stereocenters. The van der Waals surface area contributed by atoms with Gasteiger partial charge in [0.05, 0.1) is 6.61 Å². The van der Waals surface area contributed by atoms with Crippen LogP contribution in [0.3, 0.4) is 0 Å². The molecule has 1 rings (SSSR count). The molecule has 16 heavy (non-hydrogen) atoms. The van der Waals surface area contributed by atoms with E-state index in [2.05, 4.69) is 18.7 Å². The first-order chi connectivity index (χ1) is 7.76. The molecule has 0 aromatic carbocycles. The molecule has 2 unspecified atom stereocenters. The highest BCUT2D eigenvalue weighted by atomic mass is 16.5. The Morgan fingerprint density at radius 1 is 1.31 bits per heavy atom. The number of hydrogen-bond donors (Lipinski definition) is 1. The molecule has 0 amide bonds. The van der Waals surface area contributed by atoms with Crippen molar-refractivity contribution in [3.05, 3.63) is 0 Å². The maximum Gasteiger partial charge on any atom is 0.0593 e. The molecule has 0 spiro atoms. The number of likely N-dealkylation sites (N-methyl/N-ethyl adjacent to an activating group) is 1. The minimum Gasteiger partial charge on any atom is -0.380 e. The fraction of sp³-hybridized carbons (Fsp3) is 1.00. The summed E-state index contributed by atoms with van der Waals surface area (Å²) >= 11 is 0. The lowest BCUT2D eigenvalue weighted by atomic mass is 9.86. The summed E-state index contributed by atoms with van der Waals surface area (Å²) in [6, 6.07) is 0.448. The first kappa shape index (κ1) is 13.9. The van der Waals surface area contributed by atoms with Gasteiger partial charge in [0, 0.05) is 25.7 Å². The van der Waals surface area contributed by atoms with Crippen molar-refractivity contribution in [1.29, 1.82) is 0 Å². The summed E-state index contributed by atoms with van der Waals surface area (Å²) in [7, 11) is 0. The summed E-state index contributed by atoms with van der Waals surface area (Å²) in [4.78, 5) is 2.50. The zero-order valence-electron chi connectivity index (χ0n) is 11.0. The molecule has 96 valence electrons. The van der Waals surface area contributed by atoms with Crippen molar-refractivity contribution >= 4 is 0 Å². The van der Waals surface area contributed by atoms with Crippen LogP contribution < -0.4 is 5.73 Å². The molecule has 1 saturated carbocycles. The van der Waals surface area contributed by atoms with E-state index in [1.807, 2.05) is 0 Å². The third-order valence-corrected chi connectivity index (χ3v) is 3.54. The molecule has 0 radical (unpaired) electrons. The summed E-state index contributed by atoms with van der Waals surface area (Å²) in [5, 5.41) is 0. The van der Waals surface area contributed by atoms with Crippen molar-refractivity contribution in [2.45, 2.75) is 45.6 Å². The van der Waals surface area contributed by atoms with Crippen LogP contribution in [-0.2, 0) is 4.74 Å². The van der Waals surface area contributed by atoms with E-state index >= 15 is 0 Å². The first-order valence-corrected chi connectivity index (χ1v) is 6.81. The summed E-state index contributed by atoms with van der Waals surface area (Å²) in [6.07, 6.45) is 5.11. The van der Waals surface area contributed by atoms with Crippen molar-refractivity contribution < 1.29 is 4.74 Å². The summed E-state index contributed by atoms with van der Waals surface area (Å²) in [6.45, 7) is 9.37. The van der Waals surface area contributed by atoms with E-state index in [-0.39, 0.29) is 0 Å². The van der Waals surface area contributed by atoms with Gasteiger partial charge in [0.1, 0.15) is 0 Å². The minimum absolute atomic E-state index is 0.448. The van der Waals surface area contributed by atoms with Gasteiger partial charge in [-0.15, -0.1) is 0 Å². The summed E-state index contributed by atoms with van der Waals surface area (Å²) in [5.74, 6) is 0.810. The van der Waals surface area contributed by atoms with E-state index < -0.39 is 0 Å². The average Bonchev–Trinajstić information content (AvgIpc) is 2.28. The van der Waals surface area contributed by atoms with Crippen LogP contribution >= 0.6 is 0 Å². The van der Waals surface area contributed by atoms with Crippen molar-refractivity contribution in [3.63, 3.8) is 0 Å². The van der Waals surface area contributed by atoms with Crippen LogP contribution in [0.25, 0.3) is 0 Å². The summed E-state index contributed by atoms with van der Waals surface area (Å²) < 4.78 is 5.41. The maximum absolute atomic E-state index is 6.02. The number of rotatable bonds is 7. The lowest BCUT2D eigenvalue weighted by Gasteiger charge is -2.31. The Morgan fingerprint density at radius 3 is 2.75 bits per heavy atom. The lowest BCUT2D eigenvalue weighted by Crippen LogP contribution is -2.37. The molecule has 0 saturated heterocycles. The fourth-order valence-corrected chi connectivity index (χ4v) is 2.58. The molecule has 0 bridgehead atoms. The van der Waals surface area contributed by atoms with Gasteiger partial charge in [0.15, 0.2) is 0 Å². The van der Waals surface area contributed by atoms with Crippen molar-refractivity contribution in [2.24, 2.45) is 11.7 Å². The zero-order valence-corrected chi connectivity index (χ0v) is 11.0. The number of nitrogens with two attached hydrogens (primary N) is 1. The predicted octanol–water partition coefficient (Wildman–Crippen LogP) is 1.86. The van der Waals surface area contributed by atoms with Crippen molar-refractivity contribution in [2.75, 3.05) is 32.8 Å². The molecule has 3 nitrogen and oxygen atoms in total. The van der Waals surface area contributed by atoms with E-state index in [1.165, 1.54) is 32.2 Å². The topological polar surface area (TPSA) is 38.5 Å². The largest absolute Gasteiger partial charge is 0.380 e. The van der Waals surface area contributed by atoms with E-state index in [1.54, 1.807) is 0 Å². The first-order valence-electron chi connectivity index (χ1n) is 6.81. The van der Waals surface area contributed by atoms with E-state index in [0.717, 1.165) is 32.2 Å². The molecule has 2 N–H and O–H groups in total. The van der Waals surface area contributed by atoms with Gasteiger partial charge in [-0.1, -0.05) is 13.3 Å². The van der Waals surface area contributed by atoms with Gasteiger partial charge in [-0.2, -0.15) is 0 Å². The molecule has 3 heteroatoms. The monoisotopic (exact) mass is 228 g/mol. The van der Waals surface area contributed by atoms with Crippen LogP contribution in [0.15, 0.2) is 0 Å². The second kappa shape index (κ2) is 8.04. The van der Waals surface area contributed by atoms with Gasteiger partial charge in [0.2, 0.25) is 0 Å². The van der Waals surface area contributed by atoms with Crippen LogP contribution in [0.2, 0.25) is 0 Å². The van der Waals surface area contributed by atoms with Gasteiger partial charge in [-0.25, -0.2) is 0 Å². The zero-order chi connectivity index (χ0) is 11.8. The van der Waals surface area contributed by atoms with Crippen molar-refractivity contribution in [3.8, 4) is 0 Å². The van der Waals surface area contributed by atoms with Crippen LogP contribution in [0.1, 0.15) is 39.5 Å². The van der Waals surface area contributed by atoms with Gasteiger partial charge in [-0.3, -0.25) is 0 Å². The molecule has 0 aromatic heterocycles. The number of nitrogens with zero attached hydrogens (tertiary/aromatic N) is 1. The van der Waals surface area contributed by atoms with Gasteiger partial charge in [0.25, 0.3) is 0 Å². The van der Waals surface area contributed by atoms with Crippen LogP contribution in [0.4, 0.5) is 0 Å². The molecule has 1 fully saturated rings. The number of hydrogen-bond acceptors (Lipinski definition) is 3. The highest BCUT2D eigenvalue weighted by Crippen LogP contribution is 2.23. The molecular formula is C13H28N2O.